The lowest BCUT2D eigenvalue weighted by Crippen LogP contribution is -2.28. The Morgan fingerprint density at radius 1 is 1.20 bits per heavy atom. The Bertz CT molecular complexity index is 420. The Hall–Kier alpha value is -0.680. The van der Waals surface area contributed by atoms with Gasteiger partial charge in [0.1, 0.15) is 5.75 Å². The molecule has 0 aromatic heterocycles. The summed E-state index contributed by atoms with van der Waals surface area (Å²) in [6.07, 6.45) is 7.43. The zero-order valence-electron chi connectivity index (χ0n) is 11.4. The predicted octanol–water partition coefficient (Wildman–Crippen LogP) is 4.86. The number of ether oxygens (including phenoxy) is 1. The Kier molecular flexibility index (Phi) is 6.23. The van der Waals surface area contributed by atoms with Crippen molar-refractivity contribution in [2.45, 2.75) is 57.7 Å². The molecule has 1 aromatic carbocycles. The third-order valence-electron chi connectivity index (χ3n) is 3.67. The van der Waals surface area contributed by atoms with E-state index >= 15 is 0 Å². The van der Waals surface area contributed by atoms with Crippen LogP contribution in [0.15, 0.2) is 22.7 Å². The van der Waals surface area contributed by atoms with Crippen molar-refractivity contribution >= 4 is 15.9 Å². The second-order valence-corrected chi connectivity index (χ2v) is 6.12. The summed E-state index contributed by atoms with van der Waals surface area (Å²) in [5, 5.41) is 3.47. The quantitative estimate of drug-likeness (QED) is 0.767. The smallest absolute Gasteiger partial charge is 0.387 e. The number of nitrogens with one attached hydrogen (secondary N) is 1. The first-order valence-electron chi connectivity index (χ1n) is 7.12. The molecule has 1 aromatic rings. The second-order valence-electron chi connectivity index (χ2n) is 5.20. The van der Waals surface area contributed by atoms with E-state index in [1.807, 2.05) is 6.07 Å². The average molecular weight is 348 g/mol. The number of hydrogen-bond donors (Lipinski definition) is 1. The standard InChI is InChI=1S/C15H20BrF2NO/c16-12-7-8-14(20-15(17)18)11(9-12)10-19-13-5-3-1-2-4-6-13/h7-9,13,15,19H,1-6,10H2. The average Bonchev–Trinajstić information content (AvgIpc) is 2.67. The number of alkyl halides is 2. The fourth-order valence-electron chi connectivity index (χ4n) is 2.63. The zero-order valence-corrected chi connectivity index (χ0v) is 13.0. The summed E-state index contributed by atoms with van der Waals surface area (Å²) in [5.74, 6) is 0.254. The maximum Gasteiger partial charge on any atom is 0.387 e. The third-order valence-corrected chi connectivity index (χ3v) is 4.17. The van der Waals surface area contributed by atoms with Gasteiger partial charge in [0.25, 0.3) is 0 Å². The SMILES string of the molecule is FC(F)Oc1ccc(Br)cc1CNC1CCCCCC1. The van der Waals surface area contributed by atoms with Gasteiger partial charge in [-0.25, -0.2) is 0 Å². The van der Waals surface area contributed by atoms with Crippen molar-refractivity contribution < 1.29 is 13.5 Å². The molecular weight excluding hydrogens is 328 g/mol. The lowest BCUT2D eigenvalue weighted by atomic mass is 10.1. The van der Waals surface area contributed by atoms with E-state index in [0.29, 0.717) is 12.6 Å². The van der Waals surface area contributed by atoms with Crippen molar-refractivity contribution in [2.24, 2.45) is 0 Å². The van der Waals surface area contributed by atoms with Crippen molar-refractivity contribution in [3.63, 3.8) is 0 Å². The van der Waals surface area contributed by atoms with E-state index in [9.17, 15) is 8.78 Å². The Morgan fingerprint density at radius 2 is 1.90 bits per heavy atom. The summed E-state index contributed by atoms with van der Waals surface area (Å²) in [5.41, 5.74) is 0.768. The molecule has 0 heterocycles. The minimum Gasteiger partial charge on any atom is -0.434 e. The molecule has 0 radical (unpaired) electrons. The van der Waals surface area contributed by atoms with E-state index in [1.54, 1.807) is 12.1 Å². The van der Waals surface area contributed by atoms with Gasteiger partial charge in [0.05, 0.1) is 0 Å². The summed E-state index contributed by atoms with van der Waals surface area (Å²) in [6.45, 7) is -2.22. The zero-order chi connectivity index (χ0) is 14.4. The maximum atomic E-state index is 12.4. The number of benzene rings is 1. The summed E-state index contributed by atoms with van der Waals surface area (Å²) in [6, 6.07) is 5.62. The minimum absolute atomic E-state index is 0.254. The van der Waals surface area contributed by atoms with Crippen LogP contribution in [0.1, 0.15) is 44.1 Å². The summed E-state index contributed by atoms with van der Waals surface area (Å²) in [7, 11) is 0. The van der Waals surface area contributed by atoms with Gasteiger partial charge in [-0.2, -0.15) is 8.78 Å². The van der Waals surface area contributed by atoms with Crippen LogP contribution in [-0.2, 0) is 6.54 Å². The Labute approximate surface area is 127 Å². The molecule has 1 fully saturated rings. The lowest BCUT2D eigenvalue weighted by molar-refractivity contribution is -0.0505. The van der Waals surface area contributed by atoms with Crippen LogP contribution in [0.4, 0.5) is 8.78 Å². The molecule has 0 unspecified atom stereocenters. The van der Waals surface area contributed by atoms with Gasteiger partial charge in [0, 0.05) is 22.6 Å². The maximum absolute atomic E-state index is 12.4. The largest absolute Gasteiger partial charge is 0.434 e. The van der Waals surface area contributed by atoms with Gasteiger partial charge in [-0.1, -0.05) is 41.6 Å². The first kappa shape index (κ1) is 15.7. The van der Waals surface area contributed by atoms with E-state index in [0.717, 1.165) is 10.0 Å². The van der Waals surface area contributed by atoms with E-state index in [-0.39, 0.29) is 5.75 Å². The van der Waals surface area contributed by atoms with E-state index < -0.39 is 6.61 Å². The number of rotatable bonds is 5. The molecule has 1 N–H and O–H groups in total. The first-order valence-corrected chi connectivity index (χ1v) is 7.91. The molecule has 0 saturated heterocycles. The highest BCUT2D eigenvalue weighted by Gasteiger charge is 2.14. The van der Waals surface area contributed by atoms with Gasteiger partial charge in [0.15, 0.2) is 0 Å². The minimum atomic E-state index is -2.78. The van der Waals surface area contributed by atoms with Crippen molar-refractivity contribution in [2.75, 3.05) is 0 Å². The van der Waals surface area contributed by atoms with Crippen LogP contribution in [-0.4, -0.2) is 12.7 Å². The molecule has 1 aliphatic carbocycles. The van der Waals surface area contributed by atoms with Crippen LogP contribution in [0.2, 0.25) is 0 Å². The second kappa shape index (κ2) is 7.93. The summed E-state index contributed by atoms with van der Waals surface area (Å²) >= 11 is 3.37. The van der Waals surface area contributed by atoms with Crippen molar-refractivity contribution in [1.29, 1.82) is 0 Å². The van der Waals surface area contributed by atoms with E-state index in [2.05, 4.69) is 26.0 Å². The highest BCUT2D eigenvalue weighted by atomic mass is 79.9. The highest BCUT2D eigenvalue weighted by molar-refractivity contribution is 9.10. The summed E-state index contributed by atoms with van der Waals surface area (Å²) < 4.78 is 30.2. The monoisotopic (exact) mass is 347 g/mol. The van der Waals surface area contributed by atoms with E-state index in [1.165, 1.54) is 38.5 Å². The Balaban J connectivity index is 1.97. The molecule has 1 saturated carbocycles. The molecule has 0 bridgehead atoms. The fourth-order valence-corrected chi connectivity index (χ4v) is 3.04. The molecule has 0 spiro atoms. The topological polar surface area (TPSA) is 21.3 Å². The Morgan fingerprint density at radius 3 is 2.55 bits per heavy atom. The highest BCUT2D eigenvalue weighted by Crippen LogP contribution is 2.25. The molecule has 5 heteroatoms. The molecule has 2 rings (SSSR count). The molecule has 1 aliphatic rings. The normalized spacial score (nSPS) is 17.2. The first-order chi connectivity index (χ1) is 9.65. The molecule has 112 valence electrons. The van der Waals surface area contributed by atoms with Crippen LogP contribution >= 0.6 is 15.9 Å². The number of halogens is 3. The van der Waals surface area contributed by atoms with Crippen molar-refractivity contribution in [3.8, 4) is 5.75 Å². The fraction of sp³-hybridized carbons (Fsp3) is 0.600. The summed E-state index contributed by atoms with van der Waals surface area (Å²) in [4.78, 5) is 0. The van der Waals surface area contributed by atoms with Gasteiger partial charge >= 0.3 is 6.61 Å². The van der Waals surface area contributed by atoms with Crippen LogP contribution in [0.3, 0.4) is 0 Å². The van der Waals surface area contributed by atoms with Crippen molar-refractivity contribution in [1.82, 2.24) is 5.32 Å². The van der Waals surface area contributed by atoms with Crippen molar-refractivity contribution in [3.05, 3.63) is 28.2 Å². The van der Waals surface area contributed by atoms with Gasteiger partial charge < -0.3 is 10.1 Å². The van der Waals surface area contributed by atoms with Gasteiger partial charge in [-0.05, 0) is 31.0 Å². The molecule has 2 nitrogen and oxygen atoms in total. The van der Waals surface area contributed by atoms with Crippen LogP contribution in [0, 0.1) is 0 Å². The van der Waals surface area contributed by atoms with Gasteiger partial charge in [0.2, 0.25) is 0 Å². The molecule has 0 aliphatic heterocycles. The van der Waals surface area contributed by atoms with Crippen LogP contribution in [0.5, 0.6) is 5.75 Å². The van der Waals surface area contributed by atoms with Gasteiger partial charge in [-0.15, -0.1) is 0 Å². The van der Waals surface area contributed by atoms with Crippen LogP contribution in [0.25, 0.3) is 0 Å². The van der Waals surface area contributed by atoms with Crippen LogP contribution < -0.4 is 10.1 Å². The third kappa shape index (κ3) is 5.02. The van der Waals surface area contributed by atoms with Gasteiger partial charge in [-0.3, -0.25) is 0 Å². The number of hydrogen-bond acceptors (Lipinski definition) is 2. The molecule has 0 amide bonds. The molecule has 20 heavy (non-hydrogen) atoms. The lowest BCUT2D eigenvalue weighted by Gasteiger charge is -2.18. The molecule has 0 atom stereocenters. The predicted molar refractivity (Wildman–Crippen MR) is 79.1 cm³/mol. The van der Waals surface area contributed by atoms with E-state index in [4.69, 9.17) is 0 Å². The molecular formula is C15H20BrF2NO.